The van der Waals surface area contributed by atoms with Crippen LogP contribution in [0.1, 0.15) is 43.1 Å². The van der Waals surface area contributed by atoms with Gasteiger partial charge in [-0.3, -0.25) is 0 Å². The molecule has 0 saturated carbocycles. The minimum atomic E-state index is 0.155. The third kappa shape index (κ3) is 2.70. The second-order valence-electron chi connectivity index (χ2n) is 6.81. The summed E-state index contributed by atoms with van der Waals surface area (Å²) in [7, 11) is 1.73. The number of benzene rings is 1. The average Bonchev–Trinajstić information content (AvgIpc) is 2.81. The number of nitrogens with two attached hydrogens (primary N) is 1. The van der Waals surface area contributed by atoms with E-state index in [1.807, 2.05) is 12.1 Å². The van der Waals surface area contributed by atoms with Gasteiger partial charge in [-0.2, -0.15) is 0 Å². The molecule has 1 aliphatic carbocycles. The Hall–Kier alpha value is -1.74. The van der Waals surface area contributed by atoms with Gasteiger partial charge >= 0.3 is 0 Å². The van der Waals surface area contributed by atoms with Gasteiger partial charge in [0.1, 0.15) is 5.75 Å². The number of fused-ring (bicyclic) bond motifs is 1. The molecule has 0 radical (unpaired) electrons. The van der Waals surface area contributed by atoms with Crippen LogP contribution in [0.3, 0.4) is 0 Å². The van der Waals surface area contributed by atoms with Crippen LogP contribution >= 0.6 is 0 Å². The molecule has 1 atom stereocenters. The molecule has 0 bridgehead atoms. The summed E-state index contributed by atoms with van der Waals surface area (Å²) >= 11 is 0. The third-order valence-corrected chi connectivity index (χ3v) is 4.47. The van der Waals surface area contributed by atoms with Crippen LogP contribution in [0, 0.1) is 5.41 Å². The lowest BCUT2D eigenvalue weighted by Crippen LogP contribution is -2.30. The maximum absolute atomic E-state index is 6.35. The van der Waals surface area contributed by atoms with Crippen LogP contribution in [-0.2, 0) is 13.0 Å². The summed E-state index contributed by atoms with van der Waals surface area (Å²) < 4.78 is 7.79. The van der Waals surface area contributed by atoms with E-state index in [-0.39, 0.29) is 11.5 Å². The average molecular weight is 284 g/mol. The minimum absolute atomic E-state index is 0.155. The van der Waals surface area contributed by atoms with Crippen molar-refractivity contribution >= 4 is 0 Å². The molecule has 0 saturated heterocycles. The molecule has 21 heavy (non-hydrogen) atoms. The van der Waals surface area contributed by atoms with Crippen molar-refractivity contribution in [3.63, 3.8) is 0 Å². The molecule has 0 aliphatic heterocycles. The fourth-order valence-corrected chi connectivity index (χ4v) is 3.46. The first-order valence-electron chi connectivity index (χ1n) is 7.55. The number of rotatable bonds is 3. The van der Waals surface area contributed by atoms with Crippen LogP contribution in [0.2, 0.25) is 0 Å². The first-order chi connectivity index (χ1) is 10.00. The van der Waals surface area contributed by atoms with Crippen molar-refractivity contribution in [2.24, 2.45) is 11.1 Å². The molecule has 1 aromatic heterocycles. The molecule has 2 N–H and O–H groups in total. The van der Waals surface area contributed by atoms with E-state index in [4.69, 9.17) is 10.5 Å². The predicted molar refractivity (Wildman–Crippen MR) is 85.6 cm³/mol. The number of hydrogen-bond acceptors (Lipinski definition) is 2. The Labute approximate surface area is 126 Å². The number of aromatic nitrogens is 1. The van der Waals surface area contributed by atoms with Crippen molar-refractivity contribution in [2.45, 2.75) is 39.3 Å². The van der Waals surface area contributed by atoms with E-state index >= 15 is 0 Å². The monoisotopic (exact) mass is 284 g/mol. The molecule has 0 spiro atoms. The topological polar surface area (TPSA) is 40.2 Å². The normalized spacial score (nSPS) is 20.1. The van der Waals surface area contributed by atoms with Gasteiger partial charge in [-0.15, -0.1) is 0 Å². The zero-order valence-electron chi connectivity index (χ0n) is 13.1. The molecular formula is C18H24N2O. The van der Waals surface area contributed by atoms with Gasteiger partial charge in [0.15, 0.2) is 0 Å². The van der Waals surface area contributed by atoms with E-state index in [1.165, 1.54) is 16.8 Å². The maximum Gasteiger partial charge on any atom is 0.123 e. The van der Waals surface area contributed by atoms with Crippen LogP contribution in [0.25, 0.3) is 0 Å². The van der Waals surface area contributed by atoms with Crippen molar-refractivity contribution in [3.05, 3.63) is 53.3 Å². The Kier molecular flexibility index (Phi) is 3.54. The van der Waals surface area contributed by atoms with E-state index in [0.29, 0.717) is 0 Å². The third-order valence-electron chi connectivity index (χ3n) is 4.47. The van der Waals surface area contributed by atoms with Gasteiger partial charge in [-0.05, 0) is 36.0 Å². The van der Waals surface area contributed by atoms with Gasteiger partial charge in [-0.1, -0.05) is 32.0 Å². The second-order valence-corrected chi connectivity index (χ2v) is 6.81. The maximum atomic E-state index is 6.35. The van der Waals surface area contributed by atoms with Crippen LogP contribution in [-0.4, -0.2) is 11.7 Å². The molecular weight excluding hydrogens is 260 g/mol. The van der Waals surface area contributed by atoms with Crippen molar-refractivity contribution in [3.8, 4) is 5.75 Å². The van der Waals surface area contributed by atoms with Gasteiger partial charge in [0.05, 0.1) is 13.7 Å². The van der Waals surface area contributed by atoms with E-state index in [2.05, 4.69) is 42.8 Å². The molecule has 1 aromatic carbocycles. The van der Waals surface area contributed by atoms with E-state index in [1.54, 1.807) is 7.11 Å². The molecule has 3 heteroatoms. The summed E-state index contributed by atoms with van der Waals surface area (Å²) in [6, 6.07) is 10.5. The van der Waals surface area contributed by atoms with Gasteiger partial charge in [0.2, 0.25) is 0 Å². The molecule has 112 valence electrons. The highest BCUT2D eigenvalue weighted by molar-refractivity contribution is 5.36. The molecule has 2 aromatic rings. The number of ether oxygens (including phenoxy) is 1. The SMILES string of the molecule is COc1ccccc1Cn1ccc2c1CC(C)(C)CC2N. The highest BCUT2D eigenvalue weighted by atomic mass is 16.5. The van der Waals surface area contributed by atoms with Gasteiger partial charge in [0.25, 0.3) is 0 Å². The molecule has 0 fully saturated rings. The van der Waals surface area contributed by atoms with Crippen molar-refractivity contribution in [2.75, 3.05) is 7.11 Å². The van der Waals surface area contributed by atoms with Crippen LogP contribution in [0.15, 0.2) is 36.5 Å². The highest BCUT2D eigenvalue weighted by Crippen LogP contribution is 2.40. The number of para-hydroxylation sites is 1. The zero-order valence-corrected chi connectivity index (χ0v) is 13.1. The largest absolute Gasteiger partial charge is 0.496 e. The molecule has 1 aliphatic rings. The van der Waals surface area contributed by atoms with E-state index < -0.39 is 0 Å². The molecule has 1 heterocycles. The standard InChI is InChI=1S/C18H24N2O/c1-18(2)10-15(19)14-8-9-20(16(14)11-18)12-13-6-4-5-7-17(13)21-3/h4-9,15H,10-12,19H2,1-3H3. The second kappa shape index (κ2) is 5.23. The molecule has 1 unspecified atom stereocenters. The summed E-state index contributed by atoms with van der Waals surface area (Å²) in [6.07, 6.45) is 4.30. The highest BCUT2D eigenvalue weighted by Gasteiger charge is 2.32. The Balaban J connectivity index is 1.95. The Morgan fingerprint density at radius 2 is 2.05 bits per heavy atom. The Bertz CT molecular complexity index is 642. The zero-order chi connectivity index (χ0) is 15.0. The number of nitrogens with zero attached hydrogens (tertiary/aromatic N) is 1. The quantitative estimate of drug-likeness (QED) is 0.937. The summed E-state index contributed by atoms with van der Waals surface area (Å²) in [5, 5.41) is 0. The van der Waals surface area contributed by atoms with Crippen LogP contribution in [0.5, 0.6) is 5.75 Å². The van der Waals surface area contributed by atoms with Gasteiger partial charge in [-0.25, -0.2) is 0 Å². The molecule has 0 amide bonds. The number of hydrogen-bond donors (Lipinski definition) is 1. The molecule has 3 nitrogen and oxygen atoms in total. The number of methoxy groups -OCH3 is 1. The van der Waals surface area contributed by atoms with Crippen LogP contribution in [0.4, 0.5) is 0 Å². The van der Waals surface area contributed by atoms with Crippen molar-refractivity contribution in [1.82, 2.24) is 4.57 Å². The van der Waals surface area contributed by atoms with Crippen LogP contribution < -0.4 is 10.5 Å². The summed E-state index contributed by atoms with van der Waals surface area (Å²) in [5.74, 6) is 0.944. The lowest BCUT2D eigenvalue weighted by Gasteiger charge is -2.34. The first kappa shape index (κ1) is 14.2. The predicted octanol–water partition coefficient (Wildman–Crippen LogP) is 3.52. The first-order valence-corrected chi connectivity index (χ1v) is 7.55. The Morgan fingerprint density at radius 3 is 2.81 bits per heavy atom. The summed E-state index contributed by atoms with van der Waals surface area (Å²) in [6.45, 7) is 5.44. The van der Waals surface area contributed by atoms with Crippen molar-refractivity contribution < 1.29 is 4.74 Å². The fourth-order valence-electron chi connectivity index (χ4n) is 3.46. The van der Waals surface area contributed by atoms with Crippen molar-refractivity contribution in [1.29, 1.82) is 0 Å². The Morgan fingerprint density at radius 1 is 1.29 bits per heavy atom. The minimum Gasteiger partial charge on any atom is -0.496 e. The fraction of sp³-hybridized carbons (Fsp3) is 0.444. The lowest BCUT2D eigenvalue weighted by molar-refractivity contribution is 0.276. The van der Waals surface area contributed by atoms with E-state index in [9.17, 15) is 0 Å². The summed E-state index contributed by atoms with van der Waals surface area (Å²) in [5.41, 5.74) is 10.5. The molecule has 3 rings (SSSR count). The van der Waals surface area contributed by atoms with E-state index in [0.717, 1.165) is 25.1 Å². The smallest absolute Gasteiger partial charge is 0.123 e. The van der Waals surface area contributed by atoms with Gasteiger partial charge in [0, 0.05) is 23.5 Å². The van der Waals surface area contributed by atoms with Gasteiger partial charge < -0.3 is 15.0 Å². The summed E-state index contributed by atoms with van der Waals surface area (Å²) in [4.78, 5) is 0. The lowest BCUT2D eigenvalue weighted by atomic mass is 9.74.